The van der Waals surface area contributed by atoms with Crippen LogP contribution >= 0.6 is 0 Å². The number of carbonyl (C=O) groups is 4. The highest BCUT2D eigenvalue weighted by atomic mass is 16.5. The molecule has 0 atom stereocenters. The molecule has 0 heterocycles. The molecule has 8 nitrogen and oxygen atoms in total. The van der Waals surface area contributed by atoms with Gasteiger partial charge in [0.2, 0.25) is 0 Å². The largest absolute Gasteiger partial charge is 0.507 e. The average Bonchev–Trinajstić information content (AvgIpc) is 3.21. The van der Waals surface area contributed by atoms with Gasteiger partial charge in [0.15, 0.2) is 5.78 Å². The van der Waals surface area contributed by atoms with E-state index in [9.17, 15) is 24.3 Å². The van der Waals surface area contributed by atoms with E-state index in [1.165, 1.54) is 146 Å². The molecule has 0 aliphatic rings. The number of unbranched alkanes of at least 4 members (excludes halogenated alkanes) is 24. The molecule has 1 N–H and O–H groups in total. The van der Waals surface area contributed by atoms with Gasteiger partial charge in [0.05, 0.1) is 5.56 Å². The molecule has 0 unspecified atom stereocenters. The maximum Gasteiger partial charge on any atom is 0.311 e. The van der Waals surface area contributed by atoms with Crippen LogP contribution in [0.2, 0.25) is 0 Å². The van der Waals surface area contributed by atoms with Crippen molar-refractivity contribution >= 4 is 29.8 Å². The Hall–Kier alpha value is -3.94. The Morgan fingerprint density at radius 2 is 0.814 bits per heavy atom. The molecule has 0 aliphatic heterocycles. The van der Waals surface area contributed by atoms with E-state index in [0.717, 1.165) is 57.8 Å². The van der Waals surface area contributed by atoms with Crippen LogP contribution in [0.4, 0.5) is 0 Å². The summed E-state index contributed by atoms with van der Waals surface area (Å²) in [6, 6.07) is 8.96. The number of esters is 3. The van der Waals surface area contributed by atoms with Gasteiger partial charge in [0.25, 0.3) is 0 Å². The molecule has 0 fully saturated rings. The molecule has 2 rings (SSSR count). The van der Waals surface area contributed by atoms with Gasteiger partial charge in [0, 0.05) is 37.0 Å². The molecule has 0 bridgehead atoms. The molecule has 330 valence electrons. The van der Waals surface area contributed by atoms with Gasteiger partial charge in [-0.1, -0.05) is 175 Å². The molecule has 0 amide bonds. The highest BCUT2D eigenvalue weighted by molar-refractivity contribution is 6.08. The highest BCUT2D eigenvalue weighted by Crippen LogP contribution is 2.29. The van der Waals surface area contributed by atoms with E-state index < -0.39 is 11.8 Å². The van der Waals surface area contributed by atoms with Crippen LogP contribution in [-0.4, -0.2) is 28.8 Å². The first-order chi connectivity index (χ1) is 28.8. The number of ether oxygens (including phenoxy) is 3. The SMILES string of the molecule is CCCCCCCCCCCC(=O)Oc1ccc(C(=O)C=Cc2ccc(OC(=O)CCCCCCCCCCC)cc2OC(=O)CCCCCCCCCCC)c(O)c1. The van der Waals surface area contributed by atoms with Gasteiger partial charge < -0.3 is 19.3 Å². The lowest BCUT2D eigenvalue weighted by Crippen LogP contribution is -2.10. The molecule has 2 aromatic rings. The number of benzene rings is 2. The number of allylic oxidation sites excluding steroid dienone is 1. The molecule has 0 aliphatic carbocycles. The summed E-state index contributed by atoms with van der Waals surface area (Å²) in [4.78, 5) is 51.3. The Labute approximate surface area is 357 Å². The van der Waals surface area contributed by atoms with E-state index in [0.29, 0.717) is 24.8 Å². The predicted octanol–water partition coefficient (Wildman–Crippen LogP) is 14.8. The number of hydrogen-bond donors (Lipinski definition) is 1. The van der Waals surface area contributed by atoms with Crippen LogP contribution in [0.5, 0.6) is 23.0 Å². The number of rotatable bonds is 36. The third kappa shape index (κ3) is 25.3. The Morgan fingerprint density at radius 1 is 0.458 bits per heavy atom. The quantitative estimate of drug-likeness (QED) is 0.0237. The second-order valence-corrected chi connectivity index (χ2v) is 16.2. The summed E-state index contributed by atoms with van der Waals surface area (Å²) in [5.41, 5.74) is 0.477. The van der Waals surface area contributed by atoms with Gasteiger partial charge in [-0.25, -0.2) is 0 Å². The molecule has 0 saturated heterocycles. The number of ketones is 1. The van der Waals surface area contributed by atoms with E-state index in [1.54, 1.807) is 12.1 Å². The normalized spacial score (nSPS) is 11.2. The van der Waals surface area contributed by atoms with Crippen LogP contribution in [0.25, 0.3) is 6.08 Å². The second kappa shape index (κ2) is 33.8. The minimum Gasteiger partial charge on any atom is -0.507 e. The Balaban J connectivity index is 1.97. The summed E-state index contributed by atoms with van der Waals surface area (Å²) in [5.74, 6) is -1.29. The topological polar surface area (TPSA) is 116 Å². The van der Waals surface area contributed by atoms with Crippen molar-refractivity contribution in [3.63, 3.8) is 0 Å². The van der Waals surface area contributed by atoms with Crippen molar-refractivity contribution in [1.29, 1.82) is 0 Å². The first-order valence-corrected chi connectivity index (χ1v) is 23.6. The predicted molar refractivity (Wildman–Crippen MR) is 240 cm³/mol. The smallest absolute Gasteiger partial charge is 0.311 e. The van der Waals surface area contributed by atoms with Crippen LogP contribution in [0.15, 0.2) is 42.5 Å². The highest BCUT2D eigenvalue weighted by Gasteiger charge is 2.15. The van der Waals surface area contributed by atoms with Crippen LogP contribution in [0.3, 0.4) is 0 Å². The fourth-order valence-electron chi connectivity index (χ4n) is 7.12. The Kier molecular flexibility index (Phi) is 29.4. The lowest BCUT2D eigenvalue weighted by atomic mass is 10.1. The summed E-state index contributed by atoms with van der Waals surface area (Å²) in [6.07, 6.45) is 34.5. The van der Waals surface area contributed by atoms with Crippen molar-refractivity contribution in [3.8, 4) is 23.0 Å². The molecule has 2 aromatic carbocycles. The molecule has 59 heavy (non-hydrogen) atoms. The van der Waals surface area contributed by atoms with Crippen LogP contribution in [0.1, 0.15) is 229 Å². The summed E-state index contributed by atoms with van der Waals surface area (Å²) in [5, 5.41) is 10.7. The van der Waals surface area contributed by atoms with Gasteiger partial charge in [-0.15, -0.1) is 0 Å². The van der Waals surface area contributed by atoms with Crippen molar-refractivity contribution in [2.24, 2.45) is 0 Å². The maximum atomic E-state index is 13.2. The number of hydrogen-bond acceptors (Lipinski definition) is 8. The second-order valence-electron chi connectivity index (χ2n) is 16.2. The first-order valence-electron chi connectivity index (χ1n) is 23.6. The van der Waals surface area contributed by atoms with Crippen LogP contribution in [0, 0.1) is 0 Å². The third-order valence-corrected chi connectivity index (χ3v) is 10.8. The van der Waals surface area contributed by atoms with E-state index >= 15 is 0 Å². The van der Waals surface area contributed by atoms with Gasteiger partial charge in [-0.3, -0.25) is 19.2 Å². The number of carbonyl (C=O) groups excluding carboxylic acids is 4. The van der Waals surface area contributed by atoms with E-state index in [1.807, 2.05) is 0 Å². The molecular formula is C51H78O8. The monoisotopic (exact) mass is 819 g/mol. The zero-order valence-corrected chi connectivity index (χ0v) is 37.1. The van der Waals surface area contributed by atoms with Crippen molar-refractivity contribution in [2.45, 2.75) is 213 Å². The number of phenols is 1. The van der Waals surface area contributed by atoms with E-state index in [-0.39, 0.29) is 46.9 Å². The lowest BCUT2D eigenvalue weighted by Gasteiger charge is -2.11. The first kappa shape index (κ1) is 51.2. The molecule has 0 radical (unpaired) electrons. The standard InChI is InChI=1S/C51H78O8/c1-4-7-10-13-16-19-22-25-28-31-49(54)57-43-37-38-45(47(53)40-43)46(52)39-35-42-34-36-44(58-50(55)32-29-26-23-20-17-14-11-8-5-2)41-48(42)59-51(56)33-30-27-24-21-18-15-12-9-6-3/h34-41,53H,4-33H2,1-3H3. The lowest BCUT2D eigenvalue weighted by molar-refractivity contribution is -0.135. The summed E-state index contributed by atoms with van der Waals surface area (Å²) in [7, 11) is 0. The van der Waals surface area contributed by atoms with Crippen LogP contribution < -0.4 is 14.2 Å². The minimum atomic E-state index is -0.487. The summed E-state index contributed by atoms with van der Waals surface area (Å²) >= 11 is 0. The van der Waals surface area contributed by atoms with Crippen molar-refractivity contribution in [2.75, 3.05) is 0 Å². The van der Waals surface area contributed by atoms with Gasteiger partial charge >= 0.3 is 17.9 Å². The van der Waals surface area contributed by atoms with Gasteiger partial charge in [-0.2, -0.15) is 0 Å². The Morgan fingerprint density at radius 3 is 1.22 bits per heavy atom. The zero-order chi connectivity index (χ0) is 42.8. The third-order valence-electron chi connectivity index (χ3n) is 10.8. The fourth-order valence-corrected chi connectivity index (χ4v) is 7.12. The molecule has 0 saturated carbocycles. The summed E-state index contributed by atoms with van der Waals surface area (Å²) < 4.78 is 16.9. The molecular weight excluding hydrogens is 741 g/mol. The summed E-state index contributed by atoms with van der Waals surface area (Å²) in [6.45, 7) is 6.65. The van der Waals surface area contributed by atoms with Gasteiger partial charge in [0.1, 0.15) is 23.0 Å². The minimum absolute atomic E-state index is 0.0333. The molecule has 0 aromatic heterocycles. The van der Waals surface area contributed by atoms with E-state index in [2.05, 4.69) is 20.8 Å². The van der Waals surface area contributed by atoms with Crippen molar-refractivity contribution in [1.82, 2.24) is 0 Å². The van der Waals surface area contributed by atoms with Crippen molar-refractivity contribution in [3.05, 3.63) is 53.6 Å². The van der Waals surface area contributed by atoms with Crippen LogP contribution in [-0.2, 0) is 14.4 Å². The average molecular weight is 819 g/mol. The van der Waals surface area contributed by atoms with E-state index in [4.69, 9.17) is 14.2 Å². The number of phenolic OH excluding ortho intramolecular Hbond substituents is 1. The molecule has 0 spiro atoms. The van der Waals surface area contributed by atoms with Crippen molar-refractivity contribution < 1.29 is 38.5 Å². The Bertz CT molecular complexity index is 1490. The fraction of sp³-hybridized carbons (Fsp3) is 0.647. The molecule has 8 heteroatoms. The maximum absolute atomic E-state index is 13.2. The van der Waals surface area contributed by atoms with Gasteiger partial charge in [-0.05, 0) is 55.7 Å². The zero-order valence-electron chi connectivity index (χ0n) is 37.1. The number of aromatic hydroxyl groups is 1.